The van der Waals surface area contributed by atoms with Crippen molar-refractivity contribution < 1.29 is 9.31 Å². The van der Waals surface area contributed by atoms with Crippen molar-refractivity contribution in [1.82, 2.24) is 4.90 Å². The smallest absolute Gasteiger partial charge is 0.274 e. The van der Waals surface area contributed by atoms with Crippen molar-refractivity contribution in [3.8, 4) is 0 Å². The molecule has 5 nitrogen and oxygen atoms in total. The molecular formula is C12H16FN3O2. The monoisotopic (exact) mass is 253 g/mol. The van der Waals surface area contributed by atoms with Gasteiger partial charge < -0.3 is 5.73 Å². The van der Waals surface area contributed by atoms with Crippen molar-refractivity contribution in [2.24, 2.45) is 5.73 Å². The van der Waals surface area contributed by atoms with E-state index in [-0.39, 0.29) is 11.7 Å². The minimum absolute atomic E-state index is 0.0319. The molecule has 0 radical (unpaired) electrons. The Balaban J connectivity index is 2.16. The van der Waals surface area contributed by atoms with Gasteiger partial charge in [0.25, 0.3) is 5.69 Å². The minimum atomic E-state index is -0.474. The molecule has 0 amide bonds. The van der Waals surface area contributed by atoms with Gasteiger partial charge in [-0.15, -0.1) is 0 Å². The lowest BCUT2D eigenvalue weighted by Crippen LogP contribution is -2.42. The van der Waals surface area contributed by atoms with Crippen LogP contribution in [0, 0.1) is 15.9 Å². The van der Waals surface area contributed by atoms with Gasteiger partial charge >= 0.3 is 0 Å². The summed E-state index contributed by atoms with van der Waals surface area (Å²) in [7, 11) is 0. The number of halogens is 1. The molecule has 98 valence electrons. The molecule has 0 spiro atoms. The van der Waals surface area contributed by atoms with E-state index in [9.17, 15) is 14.5 Å². The Bertz CT molecular complexity index is 453. The van der Waals surface area contributed by atoms with Gasteiger partial charge in [-0.1, -0.05) is 0 Å². The van der Waals surface area contributed by atoms with Crippen LogP contribution >= 0.6 is 0 Å². The van der Waals surface area contributed by atoms with Crippen LogP contribution in [0.1, 0.15) is 18.4 Å². The van der Waals surface area contributed by atoms with Crippen LogP contribution in [0.15, 0.2) is 18.2 Å². The van der Waals surface area contributed by atoms with Crippen LogP contribution in [-0.4, -0.2) is 29.0 Å². The van der Waals surface area contributed by atoms with E-state index in [1.54, 1.807) is 0 Å². The summed E-state index contributed by atoms with van der Waals surface area (Å²) in [4.78, 5) is 12.4. The minimum Gasteiger partial charge on any atom is -0.327 e. The van der Waals surface area contributed by atoms with Crippen molar-refractivity contribution in [3.05, 3.63) is 39.7 Å². The molecule has 1 heterocycles. The number of likely N-dealkylation sites (tertiary alicyclic amines) is 1. The first-order valence-corrected chi connectivity index (χ1v) is 5.97. The number of nitrogens with two attached hydrogens (primary N) is 1. The highest BCUT2D eigenvalue weighted by Gasteiger charge is 2.21. The van der Waals surface area contributed by atoms with Gasteiger partial charge in [0.1, 0.15) is 5.82 Å². The number of benzene rings is 1. The zero-order valence-electron chi connectivity index (χ0n) is 10.0. The Morgan fingerprint density at radius 3 is 3.00 bits per heavy atom. The van der Waals surface area contributed by atoms with Gasteiger partial charge in [-0.25, -0.2) is 4.39 Å². The van der Waals surface area contributed by atoms with Gasteiger partial charge in [0.2, 0.25) is 0 Å². The molecule has 0 aromatic heterocycles. The summed E-state index contributed by atoms with van der Waals surface area (Å²) in [6.07, 6.45) is 1.95. The summed E-state index contributed by atoms with van der Waals surface area (Å²) >= 11 is 0. The largest absolute Gasteiger partial charge is 0.327 e. The first-order valence-electron chi connectivity index (χ1n) is 5.97. The molecule has 1 fully saturated rings. The standard InChI is InChI=1S/C12H16FN3O2/c13-10-3-4-12(16(17)18)9(6-10)7-15-5-1-2-11(14)8-15/h3-4,6,11H,1-2,5,7-8,14H2. The third-order valence-corrected chi connectivity index (χ3v) is 3.17. The van der Waals surface area contributed by atoms with Gasteiger partial charge in [0.05, 0.1) is 4.92 Å². The highest BCUT2D eigenvalue weighted by molar-refractivity contribution is 5.40. The molecule has 1 atom stereocenters. The Morgan fingerprint density at radius 2 is 2.33 bits per heavy atom. The quantitative estimate of drug-likeness (QED) is 0.656. The summed E-state index contributed by atoms with van der Waals surface area (Å²) in [6.45, 7) is 1.93. The van der Waals surface area contributed by atoms with Crippen molar-refractivity contribution in [2.45, 2.75) is 25.4 Å². The number of piperidine rings is 1. The Hall–Kier alpha value is -1.53. The normalized spacial score (nSPS) is 20.9. The summed E-state index contributed by atoms with van der Waals surface area (Å²) < 4.78 is 13.2. The van der Waals surface area contributed by atoms with Crippen molar-refractivity contribution in [3.63, 3.8) is 0 Å². The molecule has 1 aromatic rings. The fourth-order valence-corrected chi connectivity index (χ4v) is 2.33. The second-order valence-corrected chi connectivity index (χ2v) is 4.67. The molecule has 2 N–H and O–H groups in total. The van der Waals surface area contributed by atoms with Crippen LogP contribution in [0.2, 0.25) is 0 Å². The van der Waals surface area contributed by atoms with E-state index in [1.807, 2.05) is 4.90 Å². The fraction of sp³-hybridized carbons (Fsp3) is 0.500. The number of hydrogen-bond donors (Lipinski definition) is 1. The highest BCUT2D eigenvalue weighted by Crippen LogP contribution is 2.22. The molecule has 0 aliphatic carbocycles. The lowest BCUT2D eigenvalue weighted by molar-refractivity contribution is -0.385. The summed E-state index contributed by atoms with van der Waals surface area (Å²) in [5.74, 6) is -0.447. The second-order valence-electron chi connectivity index (χ2n) is 4.67. The summed E-state index contributed by atoms with van der Waals surface area (Å²) in [6, 6.07) is 3.67. The molecule has 1 aliphatic rings. The van der Waals surface area contributed by atoms with Crippen LogP contribution in [0.5, 0.6) is 0 Å². The molecule has 1 saturated heterocycles. The molecule has 0 saturated carbocycles. The maximum absolute atomic E-state index is 13.2. The molecule has 1 unspecified atom stereocenters. The predicted octanol–water partition coefficient (Wildman–Crippen LogP) is 1.66. The van der Waals surface area contributed by atoms with Gasteiger partial charge in [-0.2, -0.15) is 0 Å². The van der Waals surface area contributed by atoms with Gasteiger partial charge in [-0.05, 0) is 31.5 Å². The lowest BCUT2D eigenvalue weighted by Gasteiger charge is -2.30. The van der Waals surface area contributed by atoms with Crippen LogP contribution < -0.4 is 5.73 Å². The van der Waals surface area contributed by atoms with Crippen molar-refractivity contribution in [2.75, 3.05) is 13.1 Å². The predicted molar refractivity (Wildman–Crippen MR) is 65.5 cm³/mol. The third-order valence-electron chi connectivity index (χ3n) is 3.17. The Labute approximate surface area is 105 Å². The van der Waals surface area contributed by atoms with Crippen LogP contribution in [0.3, 0.4) is 0 Å². The SMILES string of the molecule is NC1CCCN(Cc2cc(F)ccc2[N+](=O)[O-])C1. The van der Waals surface area contributed by atoms with Crippen LogP contribution in [0.4, 0.5) is 10.1 Å². The summed E-state index contributed by atoms with van der Waals surface area (Å²) in [5.41, 5.74) is 6.24. The topological polar surface area (TPSA) is 72.4 Å². The summed E-state index contributed by atoms with van der Waals surface area (Å²) in [5, 5.41) is 10.9. The molecule has 1 aromatic carbocycles. The molecule has 0 bridgehead atoms. The molecule has 18 heavy (non-hydrogen) atoms. The van der Waals surface area contributed by atoms with Crippen molar-refractivity contribution in [1.29, 1.82) is 0 Å². The Kier molecular flexibility index (Phi) is 3.88. The zero-order chi connectivity index (χ0) is 13.1. The van der Waals surface area contributed by atoms with E-state index in [2.05, 4.69) is 0 Å². The van der Waals surface area contributed by atoms with E-state index in [4.69, 9.17) is 5.73 Å². The van der Waals surface area contributed by atoms with E-state index in [0.717, 1.165) is 25.5 Å². The number of hydrogen-bond acceptors (Lipinski definition) is 4. The molecule has 6 heteroatoms. The third kappa shape index (κ3) is 3.02. The Morgan fingerprint density at radius 1 is 1.56 bits per heavy atom. The van der Waals surface area contributed by atoms with E-state index in [0.29, 0.717) is 18.7 Å². The maximum atomic E-state index is 13.2. The molecular weight excluding hydrogens is 237 g/mol. The average Bonchev–Trinajstić information content (AvgIpc) is 2.28. The highest BCUT2D eigenvalue weighted by atomic mass is 19.1. The maximum Gasteiger partial charge on any atom is 0.274 e. The van der Waals surface area contributed by atoms with Gasteiger partial charge in [-0.3, -0.25) is 15.0 Å². The van der Waals surface area contributed by atoms with E-state index in [1.165, 1.54) is 12.1 Å². The number of rotatable bonds is 3. The first kappa shape index (κ1) is 12.9. The molecule has 2 rings (SSSR count). The lowest BCUT2D eigenvalue weighted by atomic mass is 10.1. The molecule has 1 aliphatic heterocycles. The van der Waals surface area contributed by atoms with Gasteiger partial charge in [0, 0.05) is 30.8 Å². The second kappa shape index (κ2) is 5.41. The number of nitro groups is 1. The average molecular weight is 253 g/mol. The van der Waals surface area contributed by atoms with Crippen molar-refractivity contribution >= 4 is 5.69 Å². The van der Waals surface area contributed by atoms with E-state index < -0.39 is 10.7 Å². The zero-order valence-corrected chi connectivity index (χ0v) is 10.0. The van der Waals surface area contributed by atoms with Gasteiger partial charge in [0.15, 0.2) is 0 Å². The van der Waals surface area contributed by atoms with Crippen LogP contribution in [0.25, 0.3) is 0 Å². The van der Waals surface area contributed by atoms with E-state index >= 15 is 0 Å². The van der Waals surface area contributed by atoms with Crippen LogP contribution in [-0.2, 0) is 6.54 Å². The number of nitrogens with zero attached hydrogens (tertiary/aromatic N) is 2. The number of nitro benzene ring substituents is 1. The first-order chi connectivity index (χ1) is 8.56. The fourth-order valence-electron chi connectivity index (χ4n) is 2.33.